The number of benzene rings is 1. The van der Waals surface area contributed by atoms with E-state index in [-0.39, 0.29) is 12.0 Å². The zero-order valence-corrected chi connectivity index (χ0v) is 11.1. The number of carbonyl (C=O) groups excluding carboxylic acids is 1. The van der Waals surface area contributed by atoms with E-state index in [9.17, 15) is 9.90 Å². The second kappa shape index (κ2) is 5.46. The molecule has 1 aliphatic heterocycles. The van der Waals surface area contributed by atoms with Gasteiger partial charge in [-0.3, -0.25) is 4.79 Å². The first-order valence-corrected chi connectivity index (χ1v) is 6.77. The summed E-state index contributed by atoms with van der Waals surface area (Å²) in [4.78, 5) is 13.5. The van der Waals surface area contributed by atoms with Gasteiger partial charge in [0, 0.05) is 25.7 Å². The number of aliphatic hydroxyl groups excluding tert-OH is 1. The van der Waals surface area contributed by atoms with Crippen molar-refractivity contribution in [1.29, 1.82) is 0 Å². The van der Waals surface area contributed by atoms with E-state index < -0.39 is 0 Å². The Morgan fingerprint density at radius 3 is 2.75 bits per heavy atom. The highest BCUT2D eigenvalue weighted by Gasteiger charge is 2.28. The number of para-hydroxylation sites is 1. The van der Waals surface area contributed by atoms with E-state index in [4.69, 9.17) is 0 Å². The average Bonchev–Trinajstić information content (AvgIpc) is 2.91. The minimum atomic E-state index is -0.334. The van der Waals surface area contributed by atoms with Crippen molar-refractivity contribution in [3.05, 3.63) is 48.3 Å². The van der Waals surface area contributed by atoms with Gasteiger partial charge in [-0.05, 0) is 24.1 Å². The summed E-state index contributed by atoms with van der Waals surface area (Å²) in [7, 11) is 0. The van der Waals surface area contributed by atoms with E-state index in [0.717, 1.165) is 11.3 Å². The molecule has 0 unspecified atom stereocenters. The van der Waals surface area contributed by atoms with Crippen molar-refractivity contribution >= 4 is 5.91 Å². The van der Waals surface area contributed by atoms with Gasteiger partial charge in [0.2, 0.25) is 5.91 Å². The molecule has 20 heavy (non-hydrogen) atoms. The standard InChI is InChI=1S/C15H17N3O2/c19-14-10-17(11-14)15(20)7-6-12-8-16-18(9-12)13-4-2-1-3-5-13/h1-5,8-9,14,19H,6-7,10-11H2. The summed E-state index contributed by atoms with van der Waals surface area (Å²) < 4.78 is 1.81. The highest BCUT2D eigenvalue weighted by Crippen LogP contribution is 2.12. The van der Waals surface area contributed by atoms with Crippen LogP contribution in [0, 0.1) is 0 Å². The molecule has 0 atom stereocenters. The number of aryl methyl sites for hydroxylation is 1. The first-order chi connectivity index (χ1) is 9.72. The topological polar surface area (TPSA) is 58.4 Å². The summed E-state index contributed by atoms with van der Waals surface area (Å²) in [6.45, 7) is 0.949. The molecule has 3 rings (SSSR count). The third-order valence-electron chi connectivity index (χ3n) is 3.50. The Hall–Kier alpha value is -2.14. The number of aromatic nitrogens is 2. The Morgan fingerprint density at radius 1 is 1.30 bits per heavy atom. The van der Waals surface area contributed by atoms with E-state index >= 15 is 0 Å². The summed E-state index contributed by atoms with van der Waals surface area (Å²) in [5.74, 6) is 0.0998. The van der Waals surface area contributed by atoms with Crippen molar-refractivity contribution in [2.45, 2.75) is 18.9 Å². The van der Waals surface area contributed by atoms with E-state index in [1.807, 2.05) is 41.2 Å². The fourth-order valence-electron chi connectivity index (χ4n) is 2.28. The number of aliphatic hydroxyl groups is 1. The number of nitrogens with zero attached hydrogens (tertiary/aromatic N) is 3. The second-order valence-corrected chi connectivity index (χ2v) is 5.08. The highest BCUT2D eigenvalue weighted by molar-refractivity contribution is 5.77. The molecular formula is C15H17N3O2. The lowest BCUT2D eigenvalue weighted by Crippen LogP contribution is -2.53. The van der Waals surface area contributed by atoms with E-state index in [1.165, 1.54) is 0 Å². The van der Waals surface area contributed by atoms with Gasteiger partial charge < -0.3 is 10.0 Å². The van der Waals surface area contributed by atoms with Crippen LogP contribution in [0.15, 0.2) is 42.7 Å². The third kappa shape index (κ3) is 2.72. The summed E-state index contributed by atoms with van der Waals surface area (Å²) in [5.41, 5.74) is 2.05. The number of hydrogen-bond acceptors (Lipinski definition) is 3. The van der Waals surface area contributed by atoms with Crippen molar-refractivity contribution in [1.82, 2.24) is 14.7 Å². The molecule has 1 aliphatic rings. The number of amides is 1. The SMILES string of the molecule is O=C(CCc1cnn(-c2ccccc2)c1)N1CC(O)C1. The molecule has 1 N–H and O–H groups in total. The fourth-order valence-corrected chi connectivity index (χ4v) is 2.28. The largest absolute Gasteiger partial charge is 0.389 e. The van der Waals surface area contributed by atoms with Crippen LogP contribution < -0.4 is 0 Å². The minimum Gasteiger partial charge on any atom is -0.389 e. The van der Waals surface area contributed by atoms with Crippen LogP contribution in [0.1, 0.15) is 12.0 Å². The molecule has 1 aromatic carbocycles. The average molecular weight is 271 g/mol. The third-order valence-corrected chi connectivity index (χ3v) is 3.50. The van der Waals surface area contributed by atoms with Gasteiger partial charge in [0.05, 0.1) is 18.0 Å². The van der Waals surface area contributed by atoms with Crippen LogP contribution in [0.2, 0.25) is 0 Å². The summed E-state index contributed by atoms with van der Waals surface area (Å²) in [6, 6.07) is 9.88. The smallest absolute Gasteiger partial charge is 0.223 e. The molecule has 1 aromatic heterocycles. The monoisotopic (exact) mass is 271 g/mol. The van der Waals surface area contributed by atoms with Gasteiger partial charge >= 0.3 is 0 Å². The quantitative estimate of drug-likeness (QED) is 0.903. The molecule has 0 spiro atoms. The van der Waals surface area contributed by atoms with E-state index in [0.29, 0.717) is 25.9 Å². The number of rotatable bonds is 4. The first kappa shape index (κ1) is 12.9. The summed E-state index contributed by atoms with van der Waals surface area (Å²) in [6.07, 6.45) is 4.56. The van der Waals surface area contributed by atoms with Crippen LogP contribution in [0.5, 0.6) is 0 Å². The van der Waals surface area contributed by atoms with E-state index in [1.54, 1.807) is 11.1 Å². The van der Waals surface area contributed by atoms with Crippen molar-refractivity contribution in [3.63, 3.8) is 0 Å². The Labute approximate surface area is 117 Å². The maximum absolute atomic E-state index is 11.8. The van der Waals surface area contributed by atoms with Crippen LogP contribution in [-0.4, -0.2) is 44.9 Å². The molecule has 2 heterocycles. The Balaban J connectivity index is 1.57. The first-order valence-electron chi connectivity index (χ1n) is 6.77. The van der Waals surface area contributed by atoms with Crippen LogP contribution in [0.3, 0.4) is 0 Å². The maximum Gasteiger partial charge on any atom is 0.223 e. The van der Waals surface area contributed by atoms with Crippen molar-refractivity contribution < 1.29 is 9.90 Å². The second-order valence-electron chi connectivity index (χ2n) is 5.08. The van der Waals surface area contributed by atoms with Gasteiger partial charge in [-0.15, -0.1) is 0 Å². The number of hydrogen-bond donors (Lipinski definition) is 1. The summed E-state index contributed by atoms with van der Waals surface area (Å²) >= 11 is 0. The van der Waals surface area contributed by atoms with E-state index in [2.05, 4.69) is 5.10 Å². The van der Waals surface area contributed by atoms with Gasteiger partial charge in [0.15, 0.2) is 0 Å². The lowest BCUT2D eigenvalue weighted by atomic mass is 10.1. The molecule has 1 fully saturated rings. The number of carbonyl (C=O) groups is 1. The fraction of sp³-hybridized carbons (Fsp3) is 0.333. The Bertz CT molecular complexity index is 588. The van der Waals surface area contributed by atoms with Crippen LogP contribution in [0.25, 0.3) is 5.69 Å². The van der Waals surface area contributed by atoms with Gasteiger partial charge in [0.25, 0.3) is 0 Å². The molecule has 1 saturated heterocycles. The van der Waals surface area contributed by atoms with Gasteiger partial charge in [-0.1, -0.05) is 18.2 Å². The molecule has 5 heteroatoms. The molecule has 0 saturated carbocycles. The summed E-state index contributed by atoms with van der Waals surface area (Å²) in [5, 5.41) is 13.5. The number of β-amino-alcohol motifs (C(OH)–C–C–N with tert-alkyl or cyclic N) is 1. The zero-order valence-electron chi connectivity index (χ0n) is 11.1. The lowest BCUT2D eigenvalue weighted by Gasteiger charge is -2.35. The normalized spacial score (nSPS) is 15.2. The van der Waals surface area contributed by atoms with Crippen molar-refractivity contribution in [2.75, 3.05) is 13.1 Å². The van der Waals surface area contributed by atoms with Gasteiger partial charge in [-0.2, -0.15) is 5.10 Å². The Kier molecular flexibility index (Phi) is 3.52. The molecule has 0 aliphatic carbocycles. The Morgan fingerprint density at radius 2 is 2.05 bits per heavy atom. The molecule has 104 valence electrons. The molecule has 0 bridgehead atoms. The maximum atomic E-state index is 11.8. The van der Waals surface area contributed by atoms with Crippen LogP contribution >= 0.6 is 0 Å². The van der Waals surface area contributed by atoms with Crippen molar-refractivity contribution in [2.24, 2.45) is 0 Å². The van der Waals surface area contributed by atoms with Crippen LogP contribution in [0.4, 0.5) is 0 Å². The minimum absolute atomic E-state index is 0.0998. The van der Waals surface area contributed by atoms with Gasteiger partial charge in [-0.25, -0.2) is 4.68 Å². The predicted molar refractivity (Wildman–Crippen MR) is 74.5 cm³/mol. The predicted octanol–water partition coefficient (Wildman–Crippen LogP) is 1.01. The zero-order chi connectivity index (χ0) is 13.9. The molecule has 0 radical (unpaired) electrons. The molecule has 2 aromatic rings. The lowest BCUT2D eigenvalue weighted by molar-refractivity contribution is -0.141. The van der Waals surface area contributed by atoms with Crippen molar-refractivity contribution in [3.8, 4) is 5.69 Å². The molecular weight excluding hydrogens is 254 g/mol. The van der Waals surface area contributed by atoms with Gasteiger partial charge in [0.1, 0.15) is 0 Å². The highest BCUT2D eigenvalue weighted by atomic mass is 16.3. The molecule has 1 amide bonds. The molecule has 5 nitrogen and oxygen atoms in total. The number of likely N-dealkylation sites (tertiary alicyclic amines) is 1. The van der Waals surface area contributed by atoms with Crippen LogP contribution in [-0.2, 0) is 11.2 Å².